The second-order valence-electron chi connectivity index (χ2n) is 5.16. The summed E-state index contributed by atoms with van der Waals surface area (Å²) in [4.78, 5) is -0.0157. The molecular formula is C10H16N2O5S2. The minimum absolute atomic E-state index is 0.00633. The number of rotatable bonds is 3. The highest BCUT2D eigenvalue weighted by molar-refractivity contribution is 7.92. The highest BCUT2D eigenvalue weighted by Crippen LogP contribution is 2.27. The summed E-state index contributed by atoms with van der Waals surface area (Å²) in [5, 5.41) is 3.60. The molecule has 1 N–H and O–H groups in total. The average molecular weight is 308 g/mol. The lowest BCUT2D eigenvalue weighted by Gasteiger charge is -2.23. The van der Waals surface area contributed by atoms with Crippen LogP contribution in [-0.2, 0) is 19.9 Å². The van der Waals surface area contributed by atoms with Gasteiger partial charge in [-0.1, -0.05) is 5.16 Å². The molecular weight excluding hydrogens is 292 g/mol. The lowest BCUT2D eigenvalue weighted by Crippen LogP contribution is -2.46. The van der Waals surface area contributed by atoms with E-state index in [-0.39, 0.29) is 34.3 Å². The zero-order valence-electron chi connectivity index (χ0n) is 10.9. The fourth-order valence-corrected chi connectivity index (χ4v) is 6.28. The van der Waals surface area contributed by atoms with Crippen LogP contribution in [-0.4, -0.2) is 39.0 Å². The molecule has 0 amide bonds. The monoisotopic (exact) mass is 308 g/mol. The van der Waals surface area contributed by atoms with E-state index in [1.54, 1.807) is 6.92 Å². The predicted molar refractivity (Wildman–Crippen MR) is 68.0 cm³/mol. The summed E-state index contributed by atoms with van der Waals surface area (Å²) in [6.45, 7) is 4.62. The summed E-state index contributed by atoms with van der Waals surface area (Å²) in [7, 11) is -7.02. The van der Waals surface area contributed by atoms with Gasteiger partial charge in [-0.3, -0.25) is 0 Å². The van der Waals surface area contributed by atoms with Crippen molar-refractivity contribution in [1.29, 1.82) is 0 Å². The van der Waals surface area contributed by atoms with Crippen molar-refractivity contribution in [3.05, 3.63) is 11.5 Å². The first-order valence-corrected chi connectivity index (χ1v) is 9.02. The minimum Gasteiger partial charge on any atom is -0.360 e. The summed E-state index contributed by atoms with van der Waals surface area (Å²) in [5.74, 6) is -0.00888. The number of hydrogen-bond donors (Lipinski definition) is 1. The Balaban J connectivity index is 2.34. The van der Waals surface area contributed by atoms with Crippen LogP contribution < -0.4 is 4.72 Å². The molecule has 2 rings (SSSR count). The van der Waals surface area contributed by atoms with E-state index in [9.17, 15) is 16.8 Å². The van der Waals surface area contributed by atoms with E-state index < -0.39 is 25.4 Å². The van der Waals surface area contributed by atoms with Crippen molar-refractivity contribution in [3.63, 3.8) is 0 Å². The fraction of sp³-hybridized carbons (Fsp3) is 0.700. The Bertz CT molecular complexity index is 685. The maximum Gasteiger partial charge on any atom is 0.246 e. The number of aryl methyl sites for hydroxylation is 2. The Kier molecular flexibility index (Phi) is 3.27. The van der Waals surface area contributed by atoms with Gasteiger partial charge in [0.25, 0.3) is 0 Å². The summed E-state index contributed by atoms with van der Waals surface area (Å²) < 4.78 is 54.9. The summed E-state index contributed by atoms with van der Waals surface area (Å²) >= 11 is 0. The van der Waals surface area contributed by atoms with E-state index in [0.717, 1.165) is 0 Å². The molecule has 0 bridgehead atoms. The largest absolute Gasteiger partial charge is 0.360 e. The molecule has 2 heterocycles. The number of nitrogens with one attached hydrogen (secondary N) is 1. The van der Waals surface area contributed by atoms with Gasteiger partial charge in [0.1, 0.15) is 10.6 Å². The van der Waals surface area contributed by atoms with E-state index >= 15 is 0 Å². The van der Waals surface area contributed by atoms with Gasteiger partial charge in [-0.25, -0.2) is 21.6 Å². The van der Waals surface area contributed by atoms with Gasteiger partial charge < -0.3 is 4.52 Å². The zero-order chi connectivity index (χ0) is 14.5. The quantitative estimate of drug-likeness (QED) is 0.851. The van der Waals surface area contributed by atoms with Crippen LogP contribution in [0.15, 0.2) is 9.42 Å². The van der Waals surface area contributed by atoms with Crippen LogP contribution in [0, 0.1) is 13.8 Å². The second kappa shape index (κ2) is 4.29. The highest BCUT2D eigenvalue weighted by Gasteiger charge is 2.42. The first kappa shape index (κ1) is 14.5. The molecule has 1 aliphatic heterocycles. The minimum atomic E-state index is -3.84. The van der Waals surface area contributed by atoms with Gasteiger partial charge in [-0.05, 0) is 27.2 Å². The van der Waals surface area contributed by atoms with Crippen LogP contribution >= 0.6 is 0 Å². The number of hydrogen-bond acceptors (Lipinski definition) is 6. The molecule has 0 radical (unpaired) electrons. The molecule has 1 saturated heterocycles. The normalized spacial score (nSPS) is 26.7. The first-order chi connectivity index (χ1) is 8.55. The van der Waals surface area contributed by atoms with Crippen molar-refractivity contribution in [1.82, 2.24) is 9.88 Å². The van der Waals surface area contributed by atoms with Gasteiger partial charge in [0.2, 0.25) is 10.0 Å². The first-order valence-electron chi connectivity index (χ1n) is 5.72. The van der Waals surface area contributed by atoms with Gasteiger partial charge in [0, 0.05) is 5.54 Å². The Morgan fingerprint density at radius 2 is 2.00 bits per heavy atom. The lowest BCUT2D eigenvalue weighted by molar-refractivity contribution is 0.390. The van der Waals surface area contributed by atoms with Crippen LogP contribution in [0.4, 0.5) is 0 Å². The van der Waals surface area contributed by atoms with Crippen molar-refractivity contribution < 1.29 is 21.4 Å². The van der Waals surface area contributed by atoms with Crippen molar-refractivity contribution in [3.8, 4) is 0 Å². The lowest BCUT2D eigenvalue weighted by atomic mass is 10.0. The van der Waals surface area contributed by atoms with Crippen molar-refractivity contribution in [2.75, 3.05) is 11.5 Å². The van der Waals surface area contributed by atoms with Crippen LogP contribution in [0.3, 0.4) is 0 Å². The summed E-state index contributed by atoms with van der Waals surface area (Å²) in [6.07, 6.45) is 0.262. The Labute approximate surface area is 112 Å². The van der Waals surface area contributed by atoms with Crippen LogP contribution in [0.2, 0.25) is 0 Å². The maximum absolute atomic E-state index is 12.3. The molecule has 0 unspecified atom stereocenters. The third-order valence-electron chi connectivity index (χ3n) is 3.12. The molecule has 0 aromatic carbocycles. The number of sulfonamides is 1. The van der Waals surface area contributed by atoms with Crippen molar-refractivity contribution in [2.45, 2.75) is 37.6 Å². The van der Waals surface area contributed by atoms with E-state index in [1.807, 2.05) is 0 Å². The van der Waals surface area contributed by atoms with E-state index in [2.05, 4.69) is 9.88 Å². The molecule has 0 spiro atoms. The van der Waals surface area contributed by atoms with E-state index in [4.69, 9.17) is 4.52 Å². The van der Waals surface area contributed by atoms with E-state index in [0.29, 0.717) is 0 Å². The number of aromatic nitrogens is 1. The molecule has 9 heteroatoms. The third-order valence-corrected chi connectivity index (χ3v) is 6.91. The van der Waals surface area contributed by atoms with E-state index in [1.165, 1.54) is 13.8 Å². The number of sulfone groups is 1. The molecule has 1 aliphatic rings. The van der Waals surface area contributed by atoms with Crippen LogP contribution in [0.5, 0.6) is 0 Å². The van der Waals surface area contributed by atoms with Gasteiger partial charge in [0.05, 0.1) is 11.5 Å². The molecule has 1 aromatic rings. The molecule has 0 aliphatic carbocycles. The van der Waals surface area contributed by atoms with Gasteiger partial charge in [-0.2, -0.15) is 0 Å². The average Bonchev–Trinajstić information content (AvgIpc) is 2.66. The summed E-state index contributed by atoms with van der Waals surface area (Å²) in [6, 6.07) is 0. The predicted octanol–water partition coefficient (Wildman–Crippen LogP) is 0.147. The maximum atomic E-state index is 12.3. The second-order valence-corrected chi connectivity index (χ2v) is 8.96. The Morgan fingerprint density at radius 3 is 2.42 bits per heavy atom. The SMILES string of the molecule is Cc1noc(C)c1S(=O)(=O)N[C@]1(C)CCS(=O)(=O)C1. The molecule has 108 valence electrons. The topological polar surface area (TPSA) is 106 Å². The molecule has 19 heavy (non-hydrogen) atoms. The van der Waals surface area contributed by atoms with Crippen LogP contribution in [0.25, 0.3) is 0 Å². The smallest absolute Gasteiger partial charge is 0.246 e. The zero-order valence-corrected chi connectivity index (χ0v) is 12.6. The highest BCUT2D eigenvalue weighted by atomic mass is 32.2. The third kappa shape index (κ3) is 2.82. The van der Waals surface area contributed by atoms with Gasteiger partial charge in [0.15, 0.2) is 15.6 Å². The van der Waals surface area contributed by atoms with Crippen LogP contribution in [0.1, 0.15) is 24.8 Å². The fourth-order valence-electron chi connectivity index (χ4n) is 2.32. The van der Waals surface area contributed by atoms with Gasteiger partial charge >= 0.3 is 0 Å². The standard InChI is InChI=1S/C10H16N2O5S2/c1-7-9(8(2)17-11-7)19(15,16)12-10(3)4-5-18(13,14)6-10/h12H,4-6H2,1-3H3/t10-/m1/s1. The van der Waals surface area contributed by atoms with Crippen molar-refractivity contribution >= 4 is 19.9 Å². The molecule has 1 fully saturated rings. The van der Waals surface area contributed by atoms with Crippen molar-refractivity contribution in [2.24, 2.45) is 0 Å². The van der Waals surface area contributed by atoms with Gasteiger partial charge in [-0.15, -0.1) is 0 Å². The molecule has 1 atom stereocenters. The Morgan fingerprint density at radius 1 is 1.37 bits per heavy atom. The number of nitrogens with zero attached hydrogens (tertiary/aromatic N) is 1. The Hall–Kier alpha value is -0.930. The summed E-state index contributed by atoms with van der Waals surface area (Å²) in [5.41, 5.74) is -0.720. The molecule has 0 saturated carbocycles. The molecule has 7 nitrogen and oxygen atoms in total. The molecule has 1 aromatic heterocycles.